The van der Waals surface area contributed by atoms with Gasteiger partial charge in [-0.15, -0.1) is 0 Å². The standard InChI is InChI=1S/C6H8O6.K.H2O/c7-1-2(8)5-3(9)4(10)6(11)12-5;;/h2,5,7-10H,1H2;;1H2/q;+1;/p-1/t2-,5+;;/m0../s1. The first kappa shape index (κ1) is 16.7. The molecule has 0 radical (unpaired) electrons. The maximum absolute atomic E-state index is 10.8. The Balaban J connectivity index is 0. The molecule has 0 unspecified atom stereocenters. The zero-order chi connectivity index (χ0) is 9.30. The van der Waals surface area contributed by atoms with Crippen LogP contribution in [0, 0.1) is 0 Å². The first-order chi connectivity index (χ1) is 5.57. The fourth-order valence-corrected chi connectivity index (χ4v) is 0.809. The Morgan fingerprint density at radius 1 is 1.57 bits per heavy atom. The summed E-state index contributed by atoms with van der Waals surface area (Å²) in [6.07, 6.45) is -2.95. The second-order valence-corrected chi connectivity index (χ2v) is 2.29. The van der Waals surface area contributed by atoms with Gasteiger partial charge in [-0.2, -0.15) is 0 Å². The van der Waals surface area contributed by atoms with E-state index in [1.54, 1.807) is 0 Å². The van der Waals surface area contributed by atoms with Gasteiger partial charge in [0.25, 0.3) is 0 Å². The molecule has 5 N–H and O–H groups in total. The zero-order valence-corrected chi connectivity index (χ0v) is 10.6. The minimum Gasteiger partial charge on any atom is -0.870 e. The molecule has 0 fully saturated rings. The zero-order valence-electron chi connectivity index (χ0n) is 7.43. The van der Waals surface area contributed by atoms with E-state index in [1.807, 2.05) is 0 Å². The van der Waals surface area contributed by atoms with Crippen molar-refractivity contribution in [2.75, 3.05) is 6.61 Å². The number of esters is 1. The monoisotopic (exact) mass is 232 g/mol. The molecule has 76 valence electrons. The summed E-state index contributed by atoms with van der Waals surface area (Å²) in [6, 6.07) is 0. The van der Waals surface area contributed by atoms with Gasteiger partial charge in [-0.05, 0) is 5.76 Å². The van der Waals surface area contributed by atoms with Crippen molar-refractivity contribution in [1.82, 2.24) is 0 Å². The topological polar surface area (TPSA) is 142 Å². The molecule has 0 bridgehead atoms. The summed E-state index contributed by atoms with van der Waals surface area (Å²) in [7, 11) is 0. The molecule has 0 aromatic carbocycles. The maximum Gasteiger partial charge on any atom is 1.00 e. The number of carbonyl (C=O) groups is 1. The average Bonchev–Trinajstić information content (AvgIpc) is 2.32. The second-order valence-electron chi connectivity index (χ2n) is 2.29. The number of cyclic esters (lactones) is 1. The van der Waals surface area contributed by atoms with Crippen LogP contribution in [0.2, 0.25) is 0 Å². The van der Waals surface area contributed by atoms with E-state index in [0.717, 1.165) is 0 Å². The molecule has 0 aromatic heterocycles. The van der Waals surface area contributed by atoms with E-state index in [-0.39, 0.29) is 56.9 Å². The number of hydrogen-bond acceptors (Lipinski definition) is 6. The fourth-order valence-electron chi connectivity index (χ4n) is 0.809. The van der Waals surface area contributed by atoms with Crippen LogP contribution < -0.4 is 56.5 Å². The molecular weight excluding hydrogens is 223 g/mol. The molecule has 2 atom stereocenters. The summed E-state index contributed by atoms with van der Waals surface area (Å²) in [4.78, 5) is 10.5. The van der Waals surface area contributed by atoms with Crippen LogP contribution in [0.1, 0.15) is 0 Å². The molecule has 1 heterocycles. The number of ether oxygens (including phenoxy) is 1. The summed E-state index contributed by atoms with van der Waals surface area (Å²) >= 11 is 0. The molecule has 0 aromatic rings. The Morgan fingerprint density at radius 2 is 2.07 bits per heavy atom. The Kier molecular flexibility index (Phi) is 8.07. The molecular formula is C6H9KO7. The number of carbonyl (C=O) groups excluding carboxylic acids is 1. The molecule has 0 spiro atoms. The average molecular weight is 232 g/mol. The molecule has 0 amide bonds. The predicted octanol–water partition coefficient (Wildman–Crippen LogP) is -6.43. The quantitative estimate of drug-likeness (QED) is 0.319. The van der Waals surface area contributed by atoms with Crippen molar-refractivity contribution < 1.29 is 86.8 Å². The van der Waals surface area contributed by atoms with Gasteiger partial charge < -0.3 is 30.6 Å². The largest absolute Gasteiger partial charge is 1.00 e. The van der Waals surface area contributed by atoms with Crippen LogP contribution in [0.25, 0.3) is 0 Å². The molecule has 1 rings (SSSR count). The van der Waals surface area contributed by atoms with Crippen molar-refractivity contribution in [3.8, 4) is 0 Å². The van der Waals surface area contributed by atoms with E-state index < -0.39 is 36.3 Å². The van der Waals surface area contributed by atoms with Crippen LogP contribution in [0.5, 0.6) is 0 Å². The first-order valence-electron chi connectivity index (χ1n) is 3.18. The molecule has 1 aliphatic heterocycles. The SMILES string of the molecule is O.O=C1O[C@H]([C@@H](O)CO)C([O-])=C1O.[K+]. The van der Waals surface area contributed by atoms with Gasteiger partial charge in [-0.25, -0.2) is 4.79 Å². The van der Waals surface area contributed by atoms with Gasteiger partial charge in [0.15, 0.2) is 5.76 Å². The number of hydrogen-bond donors (Lipinski definition) is 3. The van der Waals surface area contributed by atoms with Gasteiger partial charge in [0.1, 0.15) is 12.2 Å². The molecule has 7 nitrogen and oxygen atoms in total. The Labute approximate surface area is 122 Å². The Morgan fingerprint density at radius 3 is 2.36 bits per heavy atom. The van der Waals surface area contributed by atoms with Gasteiger partial charge in [0.2, 0.25) is 0 Å². The van der Waals surface area contributed by atoms with Gasteiger partial charge in [-0.1, -0.05) is 0 Å². The molecule has 1 aliphatic rings. The van der Waals surface area contributed by atoms with E-state index in [4.69, 9.17) is 15.3 Å². The van der Waals surface area contributed by atoms with Crippen LogP contribution in [-0.4, -0.2) is 45.6 Å². The number of rotatable bonds is 2. The maximum atomic E-state index is 10.8. The minimum atomic E-state index is -1.48. The van der Waals surface area contributed by atoms with E-state index >= 15 is 0 Å². The van der Waals surface area contributed by atoms with Crippen LogP contribution >= 0.6 is 0 Å². The van der Waals surface area contributed by atoms with Crippen molar-refractivity contribution in [2.24, 2.45) is 0 Å². The summed E-state index contributed by atoms with van der Waals surface area (Å²) in [6.45, 7) is -0.711. The van der Waals surface area contributed by atoms with Crippen molar-refractivity contribution in [3.63, 3.8) is 0 Å². The van der Waals surface area contributed by atoms with Crippen molar-refractivity contribution >= 4 is 5.97 Å². The normalized spacial score (nSPS) is 22.1. The number of aliphatic hydroxyl groups is 3. The molecule has 0 saturated carbocycles. The second kappa shape index (κ2) is 6.74. The third-order valence-corrected chi connectivity index (χ3v) is 1.46. The minimum absolute atomic E-state index is 0. The fraction of sp³-hybridized carbons (Fsp3) is 0.500. The number of aliphatic hydroxyl groups excluding tert-OH is 3. The van der Waals surface area contributed by atoms with Crippen molar-refractivity contribution in [3.05, 3.63) is 11.5 Å². The van der Waals surface area contributed by atoms with Gasteiger partial charge >= 0.3 is 57.4 Å². The van der Waals surface area contributed by atoms with E-state index in [0.29, 0.717) is 0 Å². The third-order valence-electron chi connectivity index (χ3n) is 1.46. The first-order valence-corrected chi connectivity index (χ1v) is 3.18. The van der Waals surface area contributed by atoms with E-state index in [2.05, 4.69) is 4.74 Å². The van der Waals surface area contributed by atoms with Crippen molar-refractivity contribution in [2.45, 2.75) is 12.2 Å². The van der Waals surface area contributed by atoms with Crippen LogP contribution in [0.15, 0.2) is 11.5 Å². The van der Waals surface area contributed by atoms with E-state index in [1.165, 1.54) is 0 Å². The van der Waals surface area contributed by atoms with Crippen molar-refractivity contribution in [1.29, 1.82) is 0 Å². The van der Waals surface area contributed by atoms with Gasteiger partial charge in [-0.3, -0.25) is 0 Å². The van der Waals surface area contributed by atoms with Crippen LogP contribution in [0.3, 0.4) is 0 Å². The predicted molar refractivity (Wildman–Crippen MR) is 36.2 cm³/mol. The molecule has 0 saturated heterocycles. The smallest absolute Gasteiger partial charge is 0.870 e. The molecule has 14 heavy (non-hydrogen) atoms. The molecule has 8 heteroatoms. The van der Waals surface area contributed by atoms with Crippen LogP contribution in [0.4, 0.5) is 0 Å². The molecule has 0 aliphatic carbocycles. The summed E-state index contributed by atoms with van der Waals surface area (Å²) in [5.74, 6) is -3.20. The Hall–Kier alpha value is 0.326. The van der Waals surface area contributed by atoms with Gasteiger partial charge in [0, 0.05) is 0 Å². The summed E-state index contributed by atoms with van der Waals surface area (Å²) < 4.78 is 4.25. The van der Waals surface area contributed by atoms with E-state index in [9.17, 15) is 9.90 Å². The summed E-state index contributed by atoms with van der Waals surface area (Å²) in [5, 5.41) is 36.8. The van der Waals surface area contributed by atoms with Crippen LogP contribution in [-0.2, 0) is 9.53 Å². The Bertz CT molecular complexity index is 238. The van der Waals surface area contributed by atoms with Gasteiger partial charge in [0.05, 0.1) is 6.61 Å². The third kappa shape index (κ3) is 3.17. The summed E-state index contributed by atoms with van der Waals surface area (Å²) in [5.41, 5.74) is 0.